The molecule has 0 aromatic rings. The molecular formula is C13H21NO5. The fraction of sp³-hybridized carbons (Fsp3) is 0.846. The van der Waals surface area contributed by atoms with Gasteiger partial charge in [-0.15, -0.1) is 0 Å². The van der Waals surface area contributed by atoms with Crippen LogP contribution in [-0.2, 0) is 14.3 Å². The van der Waals surface area contributed by atoms with E-state index in [2.05, 4.69) is 0 Å². The van der Waals surface area contributed by atoms with Crippen molar-refractivity contribution in [1.82, 2.24) is 4.90 Å². The fourth-order valence-electron chi connectivity index (χ4n) is 3.01. The average molecular weight is 271 g/mol. The summed E-state index contributed by atoms with van der Waals surface area (Å²) in [5, 5.41) is 9.91. The lowest BCUT2D eigenvalue weighted by Crippen LogP contribution is -2.55. The van der Waals surface area contributed by atoms with Crippen molar-refractivity contribution >= 4 is 12.1 Å². The Balaban J connectivity index is 2.20. The molecule has 1 N–H and O–H groups in total. The molecular weight excluding hydrogens is 250 g/mol. The Bertz CT molecular complexity index is 389. The number of hydrogen-bond acceptors (Lipinski definition) is 5. The van der Waals surface area contributed by atoms with Gasteiger partial charge in [0.2, 0.25) is 0 Å². The first-order valence-electron chi connectivity index (χ1n) is 6.52. The molecule has 2 unspecified atom stereocenters. The number of piperidine rings is 1. The second kappa shape index (κ2) is 4.67. The first-order valence-corrected chi connectivity index (χ1v) is 6.52. The molecule has 0 radical (unpaired) electrons. The van der Waals surface area contributed by atoms with Gasteiger partial charge in [-0.1, -0.05) is 0 Å². The van der Waals surface area contributed by atoms with Gasteiger partial charge in [-0.3, -0.25) is 4.90 Å². The minimum absolute atomic E-state index is 0.0417. The zero-order valence-electron chi connectivity index (χ0n) is 11.8. The molecule has 0 spiro atoms. The third kappa shape index (κ3) is 2.54. The fourth-order valence-corrected chi connectivity index (χ4v) is 3.01. The highest BCUT2D eigenvalue weighted by molar-refractivity contribution is 5.83. The summed E-state index contributed by atoms with van der Waals surface area (Å²) in [5.74, 6) is -0.481. The second-order valence-corrected chi connectivity index (χ2v) is 6.22. The van der Waals surface area contributed by atoms with Gasteiger partial charge in [0.1, 0.15) is 11.6 Å². The molecule has 6 heteroatoms. The maximum atomic E-state index is 12.2. The van der Waals surface area contributed by atoms with Crippen molar-refractivity contribution in [3.05, 3.63) is 0 Å². The summed E-state index contributed by atoms with van der Waals surface area (Å²) in [6.45, 7) is 5.30. The number of carbonyl (C=O) groups is 2. The van der Waals surface area contributed by atoms with Gasteiger partial charge in [-0.25, -0.2) is 9.59 Å². The van der Waals surface area contributed by atoms with Crippen LogP contribution in [0.1, 0.15) is 33.6 Å². The maximum absolute atomic E-state index is 12.2. The van der Waals surface area contributed by atoms with Crippen LogP contribution < -0.4 is 0 Å². The summed E-state index contributed by atoms with van der Waals surface area (Å²) in [5.41, 5.74) is -0.634. The van der Waals surface area contributed by atoms with Gasteiger partial charge >= 0.3 is 12.1 Å². The molecule has 1 saturated carbocycles. The highest BCUT2D eigenvalue weighted by atomic mass is 16.6. The molecule has 2 bridgehead atoms. The summed E-state index contributed by atoms with van der Waals surface area (Å²) < 4.78 is 10.1. The van der Waals surface area contributed by atoms with E-state index in [1.807, 2.05) is 0 Å². The molecule has 6 nitrogen and oxygen atoms in total. The first kappa shape index (κ1) is 14.1. The van der Waals surface area contributed by atoms with Crippen molar-refractivity contribution < 1.29 is 24.2 Å². The molecule has 19 heavy (non-hydrogen) atoms. The van der Waals surface area contributed by atoms with Crippen LogP contribution >= 0.6 is 0 Å². The van der Waals surface area contributed by atoms with Crippen molar-refractivity contribution in [3.63, 3.8) is 0 Å². The van der Waals surface area contributed by atoms with E-state index < -0.39 is 29.8 Å². The smallest absolute Gasteiger partial charge is 0.411 e. The highest BCUT2D eigenvalue weighted by Gasteiger charge is 2.56. The van der Waals surface area contributed by atoms with Gasteiger partial charge in [0, 0.05) is 0 Å². The van der Waals surface area contributed by atoms with Crippen LogP contribution in [0.3, 0.4) is 0 Å². The van der Waals surface area contributed by atoms with Crippen LogP contribution in [0.25, 0.3) is 0 Å². The molecule has 2 aliphatic rings. The van der Waals surface area contributed by atoms with Crippen molar-refractivity contribution in [3.8, 4) is 0 Å². The molecule has 1 saturated heterocycles. The second-order valence-electron chi connectivity index (χ2n) is 6.22. The van der Waals surface area contributed by atoms with Crippen molar-refractivity contribution in [1.29, 1.82) is 0 Å². The quantitative estimate of drug-likeness (QED) is 0.718. The zero-order valence-corrected chi connectivity index (χ0v) is 11.8. The number of carbonyl (C=O) groups excluding carboxylic acids is 2. The number of aliphatic hydroxyl groups is 1. The SMILES string of the molecule is COC(=O)[C@@H]1[C@@H]2CC(O)C(C2)N1C(=O)OC(C)(C)C. The van der Waals surface area contributed by atoms with Crippen molar-refractivity contribution in [2.45, 2.75) is 57.4 Å². The van der Waals surface area contributed by atoms with E-state index in [1.54, 1.807) is 20.8 Å². The van der Waals surface area contributed by atoms with Crippen LogP contribution in [-0.4, -0.2) is 53.0 Å². The Morgan fingerprint density at radius 3 is 2.42 bits per heavy atom. The molecule has 1 heterocycles. The van der Waals surface area contributed by atoms with Gasteiger partial charge < -0.3 is 14.6 Å². The van der Waals surface area contributed by atoms with Gasteiger partial charge in [-0.2, -0.15) is 0 Å². The average Bonchev–Trinajstić information content (AvgIpc) is 2.81. The number of aliphatic hydroxyl groups excluding tert-OH is 1. The Labute approximate surface area is 112 Å². The molecule has 1 aliphatic heterocycles. The maximum Gasteiger partial charge on any atom is 0.411 e. The largest absolute Gasteiger partial charge is 0.467 e. The third-order valence-corrected chi connectivity index (χ3v) is 3.68. The third-order valence-electron chi connectivity index (χ3n) is 3.68. The molecule has 108 valence electrons. The van der Waals surface area contributed by atoms with Crippen LogP contribution in [0.5, 0.6) is 0 Å². The molecule has 2 fully saturated rings. The van der Waals surface area contributed by atoms with Crippen LogP contribution in [0, 0.1) is 5.92 Å². The van der Waals surface area contributed by atoms with Crippen molar-refractivity contribution in [2.75, 3.05) is 7.11 Å². The predicted molar refractivity (Wildman–Crippen MR) is 66.4 cm³/mol. The lowest BCUT2D eigenvalue weighted by Gasteiger charge is -2.36. The Morgan fingerprint density at radius 1 is 1.26 bits per heavy atom. The Morgan fingerprint density at radius 2 is 1.89 bits per heavy atom. The minimum Gasteiger partial charge on any atom is -0.467 e. The van der Waals surface area contributed by atoms with E-state index in [0.717, 1.165) is 0 Å². The standard InChI is InChI=1S/C13H21NO5/c1-13(2,3)19-12(17)14-8-5-7(6-9(8)15)10(14)11(16)18-4/h7-10,15H,5-6H2,1-4H3/t7-,8?,9?,10-/m0/s1. The molecule has 4 atom stereocenters. The van der Waals surface area contributed by atoms with E-state index in [-0.39, 0.29) is 12.0 Å². The molecule has 0 aromatic heterocycles. The predicted octanol–water partition coefficient (Wildman–Crippen LogP) is 0.918. The first-order chi connectivity index (χ1) is 8.74. The summed E-state index contributed by atoms with van der Waals surface area (Å²) in [6, 6.07) is -0.975. The number of nitrogens with zero attached hydrogens (tertiary/aromatic N) is 1. The van der Waals surface area contributed by atoms with Crippen molar-refractivity contribution in [2.24, 2.45) is 5.92 Å². The van der Waals surface area contributed by atoms with Gasteiger partial charge in [-0.05, 0) is 39.5 Å². The van der Waals surface area contributed by atoms with Gasteiger partial charge in [0.25, 0.3) is 0 Å². The molecule has 2 rings (SSSR count). The van der Waals surface area contributed by atoms with E-state index >= 15 is 0 Å². The summed E-state index contributed by atoms with van der Waals surface area (Å²) >= 11 is 0. The number of hydrogen-bond donors (Lipinski definition) is 1. The number of fused-ring (bicyclic) bond motifs is 2. The van der Waals surface area contributed by atoms with Gasteiger partial charge in [0.05, 0.1) is 19.3 Å². The number of methoxy groups -OCH3 is 1. The Hall–Kier alpha value is -1.30. The van der Waals surface area contributed by atoms with Crippen LogP contribution in [0.2, 0.25) is 0 Å². The molecule has 1 amide bonds. The monoisotopic (exact) mass is 271 g/mol. The number of likely N-dealkylation sites (tertiary alicyclic amines) is 1. The number of esters is 1. The summed E-state index contributed by atoms with van der Waals surface area (Å²) in [4.78, 5) is 25.4. The van der Waals surface area contributed by atoms with Crippen LogP contribution in [0.4, 0.5) is 4.79 Å². The molecule has 1 aliphatic carbocycles. The lowest BCUT2D eigenvalue weighted by atomic mass is 9.98. The van der Waals surface area contributed by atoms with E-state index in [0.29, 0.717) is 12.8 Å². The summed E-state index contributed by atoms with van der Waals surface area (Å²) in [7, 11) is 1.30. The van der Waals surface area contributed by atoms with E-state index in [1.165, 1.54) is 12.0 Å². The van der Waals surface area contributed by atoms with E-state index in [4.69, 9.17) is 9.47 Å². The number of ether oxygens (including phenoxy) is 2. The highest BCUT2D eigenvalue weighted by Crippen LogP contribution is 2.43. The number of rotatable bonds is 1. The Kier molecular flexibility index (Phi) is 3.47. The minimum atomic E-state index is -0.634. The van der Waals surface area contributed by atoms with Gasteiger partial charge in [0.15, 0.2) is 0 Å². The van der Waals surface area contributed by atoms with Crippen LogP contribution in [0.15, 0.2) is 0 Å². The molecule has 0 aromatic carbocycles. The lowest BCUT2D eigenvalue weighted by molar-refractivity contribution is -0.149. The summed E-state index contributed by atoms with van der Waals surface area (Å²) in [6.07, 6.45) is 0.0109. The number of amides is 1. The normalized spacial score (nSPS) is 33.4. The zero-order chi connectivity index (χ0) is 14.4. The van der Waals surface area contributed by atoms with E-state index in [9.17, 15) is 14.7 Å². The topological polar surface area (TPSA) is 76.1 Å².